The number of hydrogen-bond acceptors (Lipinski definition) is 4. The van der Waals surface area contributed by atoms with Gasteiger partial charge in [0.2, 0.25) is 5.89 Å². The van der Waals surface area contributed by atoms with E-state index >= 15 is 0 Å². The number of nitrogens with one attached hydrogen (secondary N) is 1. The molecule has 1 saturated heterocycles. The lowest BCUT2D eigenvalue weighted by Crippen LogP contribution is -2.59. The zero-order valence-corrected chi connectivity index (χ0v) is 13.8. The summed E-state index contributed by atoms with van der Waals surface area (Å²) in [6.45, 7) is 16.1. The van der Waals surface area contributed by atoms with Crippen molar-refractivity contribution in [3.8, 4) is 0 Å². The average Bonchev–Trinajstić information content (AvgIpc) is 2.67. The quantitative estimate of drug-likeness (QED) is 0.923. The monoisotopic (exact) mass is 279 g/mol. The molecule has 1 aliphatic rings. The van der Waals surface area contributed by atoms with E-state index in [1.54, 1.807) is 0 Å². The Hall–Kier alpha value is -0.870. The van der Waals surface area contributed by atoms with Crippen LogP contribution in [0.3, 0.4) is 0 Å². The van der Waals surface area contributed by atoms with E-state index in [0.717, 1.165) is 43.4 Å². The second kappa shape index (κ2) is 5.86. The molecule has 0 spiro atoms. The van der Waals surface area contributed by atoms with E-state index in [2.05, 4.69) is 42.9 Å². The van der Waals surface area contributed by atoms with Gasteiger partial charge in [-0.3, -0.25) is 4.90 Å². The first-order valence-electron chi connectivity index (χ1n) is 7.71. The Bertz CT molecular complexity index is 428. The summed E-state index contributed by atoms with van der Waals surface area (Å²) in [6.07, 6.45) is 1.16. The number of aryl methyl sites for hydroxylation is 2. The zero-order chi connectivity index (χ0) is 14.9. The van der Waals surface area contributed by atoms with Gasteiger partial charge in [-0.15, -0.1) is 0 Å². The van der Waals surface area contributed by atoms with Crippen LogP contribution in [0.5, 0.6) is 0 Å². The third kappa shape index (κ3) is 3.41. The molecular weight excluding hydrogens is 250 g/mol. The van der Waals surface area contributed by atoms with Gasteiger partial charge in [-0.1, -0.05) is 27.7 Å². The molecule has 1 aromatic rings. The van der Waals surface area contributed by atoms with Crippen molar-refractivity contribution in [3.05, 3.63) is 17.3 Å². The Morgan fingerprint density at radius 3 is 2.55 bits per heavy atom. The number of nitrogens with zero attached hydrogens (tertiary/aromatic N) is 2. The minimum Gasteiger partial charge on any atom is -0.444 e. The molecule has 2 rings (SSSR count). The van der Waals surface area contributed by atoms with Gasteiger partial charge in [0.1, 0.15) is 5.76 Å². The third-order valence-electron chi connectivity index (χ3n) is 4.46. The average molecular weight is 279 g/mol. The summed E-state index contributed by atoms with van der Waals surface area (Å²) in [5.74, 6) is 1.79. The Balaban J connectivity index is 2.09. The fourth-order valence-corrected chi connectivity index (χ4v) is 2.81. The molecule has 0 saturated carbocycles. The van der Waals surface area contributed by atoms with E-state index in [1.807, 2.05) is 13.8 Å². The van der Waals surface area contributed by atoms with Crippen molar-refractivity contribution in [2.24, 2.45) is 5.41 Å². The number of oxazole rings is 1. The predicted molar refractivity (Wildman–Crippen MR) is 81.7 cm³/mol. The highest BCUT2D eigenvalue weighted by molar-refractivity contribution is 5.05. The van der Waals surface area contributed by atoms with Crippen molar-refractivity contribution in [3.63, 3.8) is 0 Å². The van der Waals surface area contributed by atoms with Crippen molar-refractivity contribution in [1.82, 2.24) is 15.2 Å². The summed E-state index contributed by atoms with van der Waals surface area (Å²) < 4.78 is 5.76. The number of rotatable bonds is 3. The van der Waals surface area contributed by atoms with E-state index < -0.39 is 0 Å². The van der Waals surface area contributed by atoms with Crippen LogP contribution in [-0.2, 0) is 6.54 Å². The first-order chi connectivity index (χ1) is 9.31. The lowest BCUT2D eigenvalue weighted by molar-refractivity contribution is 0.0702. The zero-order valence-electron chi connectivity index (χ0n) is 13.8. The summed E-state index contributed by atoms with van der Waals surface area (Å²) in [5, 5.41) is 3.70. The van der Waals surface area contributed by atoms with E-state index in [0.29, 0.717) is 12.1 Å². The van der Waals surface area contributed by atoms with Crippen LogP contribution < -0.4 is 5.32 Å². The first kappa shape index (κ1) is 15.5. The van der Waals surface area contributed by atoms with Gasteiger partial charge < -0.3 is 9.73 Å². The van der Waals surface area contributed by atoms with E-state index in [1.165, 1.54) is 0 Å². The standard InChI is InChI=1S/C16H29N3O/c1-7-13-8-17-14(16(4,5)6)9-19(13)10-15-18-11(2)12(3)20-15/h13-14,17H,7-10H2,1-6H3. The molecule has 4 heteroatoms. The van der Waals surface area contributed by atoms with Crippen LogP contribution in [0.15, 0.2) is 4.42 Å². The van der Waals surface area contributed by atoms with Crippen molar-refractivity contribution in [2.45, 2.75) is 66.6 Å². The minimum absolute atomic E-state index is 0.277. The SMILES string of the molecule is CCC1CNC(C(C)(C)C)CN1Cc1nc(C)c(C)o1. The highest BCUT2D eigenvalue weighted by Crippen LogP contribution is 2.25. The number of hydrogen-bond donors (Lipinski definition) is 1. The predicted octanol–water partition coefficient (Wildman–Crippen LogP) is 2.89. The Morgan fingerprint density at radius 2 is 2.05 bits per heavy atom. The minimum atomic E-state index is 0.277. The van der Waals surface area contributed by atoms with Crippen molar-refractivity contribution in [1.29, 1.82) is 0 Å². The van der Waals surface area contributed by atoms with Gasteiger partial charge in [0.15, 0.2) is 0 Å². The maximum Gasteiger partial charge on any atom is 0.208 e. The molecule has 2 atom stereocenters. The van der Waals surface area contributed by atoms with Crippen LogP contribution >= 0.6 is 0 Å². The van der Waals surface area contributed by atoms with Crippen LogP contribution in [0.1, 0.15) is 51.5 Å². The van der Waals surface area contributed by atoms with Gasteiger partial charge in [0.05, 0.1) is 12.2 Å². The van der Waals surface area contributed by atoms with E-state index in [4.69, 9.17) is 4.42 Å². The number of piperazine rings is 1. The molecule has 20 heavy (non-hydrogen) atoms. The van der Waals surface area contributed by atoms with Gasteiger partial charge in [-0.2, -0.15) is 0 Å². The van der Waals surface area contributed by atoms with Gasteiger partial charge in [-0.25, -0.2) is 4.98 Å². The summed E-state index contributed by atoms with van der Waals surface area (Å²) >= 11 is 0. The van der Waals surface area contributed by atoms with Crippen molar-refractivity contribution in [2.75, 3.05) is 13.1 Å². The number of aromatic nitrogens is 1. The molecule has 0 amide bonds. The summed E-state index contributed by atoms with van der Waals surface area (Å²) in [5.41, 5.74) is 1.29. The second-order valence-electron chi connectivity index (χ2n) is 7.07. The van der Waals surface area contributed by atoms with Gasteiger partial charge in [0.25, 0.3) is 0 Å². The largest absolute Gasteiger partial charge is 0.444 e. The summed E-state index contributed by atoms with van der Waals surface area (Å²) in [4.78, 5) is 7.06. The fourth-order valence-electron chi connectivity index (χ4n) is 2.81. The van der Waals surface area contributed by atoms with Gasteiger partial charge in [-0.05, 0) is 25.7 Å². The van der Waals surface area contributed by atoms with Gasteiger partial charge >= 0.3 is 0 Å². The lowest BCUT2D eigenvalue weighted by atomic mass is 9.84. The molecule has 0 aromatic carbocycles. The molecule has 2 unspecified atom stereocenters. The van der Waals surface area contributed by atoms with Crippen LogP contribution in [0.4, 0.5) is 0 Å². The molecule has 4 nitrogen and oxygen atoms in total. The molecule has 2 heterocycles. The topological polar surface area (TPSA) is 41.3 Å². The second-order valence-corrected chi connectivity index (χ2v) is 7.07. The smallest absolute Gasteiger partial charge is 0.208 e. The molecule has 1 aromatic heterocycles. The van der Waals surface area contributed by atoms with E-state index in [-0.39, 0.29) is 5.41 Å². The Morgan fingerprint density at radius 1 is 1.35 bits per heavy atom. The van der Waals surface area contributed by atoms with Crippen molar-refractivity contribution < 1.29 is 4.42 Å². The van der Waals surface area contributed by atoms with Crippen LogP contribution in [0, 0.1) is 19.3 Å². The van der Waals surface area contributed by atoms with Crippen LogP contribution in [0.25, 0.3) is 0 Å². The van der Waals surface area contributed by atoms with Crippen molar-refractivity contribution >= 4 is 0 Å². The molecule has 1 fully saturated rings. The molecule has 0 radical (unpaired) electrons. The molecule has 0 bridgehead atoms. The Labute approximate surface area is 122 Å². The molecular formula is C16H29N3O. The normalized spacial score (nSPS) is 25.1. The fraction of sp³-hybridized carbons (Fsp3) is 0.812. The maximum absolute atomic E-state index is 5.76. The first-order valence-corrected chi connectivity index (χ1v) is 7.71. The molecule has 114 valence electrons. The lowest BCUT2D eigenvalue weighted by Gasteiger charge is -2.44. The van der Waals surface area contributed by atoms with E-state index in [9.17, 15) is 0 Å². The highest BCUT2D eigenvalue weighted by Gasteiger charge is 2.33. The summed E-state index contributed by atoms with van der Waals surface area (Å²) in [6, 6.07) is 1.09. The third-order valence-corrected chi connectivity index (χ3v) is 4.46. The maximum atomic E-state index is 5.76. The highest BCUT2D eigenvalue weighted by atomic mass is 16.4. The molecule has 1 N–H and O–H groups in total. The summed E-state index contributed by atoms with van der Waals surface area (Å²) in [7, 11) is 0. The Kier molecular flexibility index (Phi) is 4.55. The molecule has 1 aliphatic heterocycles. The van der Waals surface area contributed by atoms with Crippen LogP contribution in [0.2, 0.25) is 0 Å². The van der Waals surface area contributed by atoms with Gasteiger partial charge in [0, 0.05) is 25.2 Å². The van der Waals surface area contributed by atoms with Crippen LogP contribution in [-0.4, -0.2) is 35.1 Å². The molecule has 0 aliphatic carbocycles.